The van der Waals surface area contributed by atoms with E-state index in [4.69, 9.17) is 9.84 Å². The van der Waals surface area contributed by atoms with Crippen molar-refractivity contribution in [3.63, 3.8) is 0 Å². The first-order valence-electron chi connectivity index (χ1n) is 6.05. The predicted octanol–water partition coefficient (Wildman–Crippen LogP) is 2.00. The molecule has 3 unspecified atom stereocenters. The number of carboxylic acid groups (broad SMARTS) is 1. The molecule has 0 amide bonds. The smallest absolute Gasteiger partial charge is 0.313 e. The Labute approximate surface area is 101 Å². The molecule has 4 heteroatoms. The van der Waals surface area contributed by atoms with Crippen LogP contribution in [0.2, 0.25) is 0 Å². The van der Waals surface area contributed by atoms with Gasteiger partial charge < -0.3 is 9.84 Å². The van der Waals surface area contributed by atoms with Gasteiger partial charge in [0.2, 0.25) is 0 Å². The van der Waals surface area contributed by atoms with E-state index < -0.39 is 11.4 Å². The lowest BCUT2D eigenvalue weighted by Gasteiger charge is -2.32. The summed E-state index contributed by atoms with van der Waals surface area (Å²) in [5, 5.41) is 9.02. The van der Waals surface area contributed by atoms with Crippen molar-refractivity contribution in [1.82, 2.24) is 0 Å². The van der Waals surface area contributed by atoms with E-state index in [2.05, 4.69) is 6.08 Å². The molecule has 2 aliphatic rings. The number of hydrogen-bond acceptors (Lipinski definition) is 3. The molecular weight excluding hydrogens is 220 g/mol. The lowest BCUT2D eigenvalue weighted by atomic mass is 9.73. The number of aliphatic carboxylic acids is 1. The van der Waals surface area contributed by atoms with Gasteiger partial charge in [-0.05, 0) is 38.5 Å². The van der Waals surface area contributed by atoms with Crippen LogP contribution in [0.5, 0.6) is 0 Å². The van der Waals surface area contributed by atoms with E-state index >= 15 is 0 Å². The maximum absolute atomic E-state index is 12.2. The summed E-state index contributed by atoms with van der Waals surface area (Å²) in [5.74, 6) is -0.882. The molecule has 0 aromatic heterocycles. The van der Waals surface area contributed by atoms with Gasteiger partial charge in [-0.15, -0.1) is 0 Å². The van der Waals surface area contributed by atoms with E-state index in [0.717, 1.165) is 6.42 Å². The fourth-order valence-corrected chi connectivity index (χ4v) is 3.07. The minimum Gasteiger partial charge on any atom is -0.481 e. The summed E-state index contributed by atoms with van der Waals surface area (Å²) in [6.07, 6.45) is 5.26. The Morgan fingerprint density at radius 2 is 2.18 bits per heavy atom. The van der Waals surface area contributed by atoms with Crippen molar-refractivity contribution in [3.8, 4) is 0 Å². The van der Waals surface area contributed by atoms with E-state index in [1.807, 2.05) is 6.08 Å². The largest absolute Gasteiger partial charge is 0.481 e. The minimum absolute atomic E-state index is 0.0369. The summed E-state index contributed by atoms with van der Waals surface area (Å²) in [6.45, 7) is 3.57. The van der Waals surface area contributed by atoms with Gasteiger partial charge in [-0.3, -0.25) is 9.59 Å². The summed E-state index contributed by atoms with van der Waals surface area (Å²) >= 11 is 0. The molecule has 2 bridgehead atoms. The molecule has 4 nitrogen and oxygen atoms in total. The molecule has 1 saturated carbocycles. The SMILES string of the molecule is CC(C)OC(=O)C1(CC(=O)O)CC2C=CC1C2. The molecule has 0 aliphatic heterocycles. The number of carbonyl (C=O) groups is 2. The second-order valence-electron chi connectivity index (χ2n) is 5.37. The summed E-state index contributed by atoms with van der Waals surface area (Å²) < 4.78 is 5.25. The Hall–Kier alpha value is -1.32. The fourth-order valence-electron chi connectivity index (χ4n) is 3.07. The number of ether oxygens (including phenoxy) is 1. The maximum Gasteiger partial charge on any atom is 0.313 e. The van der Waals surface area contributed by atoms with E-state index in [1.54, 1.807) is 13.8 Å². The van der Waals surface area contributed by atoms with Gasteiger partial charge >= 0.3 is 11.9 Å². The quantitative estimate of drug-likeness (QED) is 0.601. The van der Waals surface area contributed by atoms with Crippen molar-refractivity contribution < 1.29 is 19.4 Å². The molecule has 0 radical (unpaired) electrons. The Morgan fingerprint density at radius 3 is 2.59 bits per heavy atom. The number of fused-ring (bicyclic) bond motifs is 2. The van der Waals surface area contributed by atoms with Crippen molar-refractivity contribution in [2.45, 2.75) is 39.2 Å². The monoisotopic (exact) mass is 238 g/mol. The molecule has 0 heterocycles. The summed E-state index contributed by atoms with van der Waals surface area (Å²) in [7, 11) is 0. The predicted molar refractivity (Wildman–Crippen MR) is 61.3 cm³/mol. The molecule has 0 aromatic carbocycles. The fraction of sp³-hybridized carbons (Fsp3) is 0.692. The van der Waals surface area contributed by atoms with Crippen LogP contribution < -0.4 is 0 Å². The molecule has 17 heavy (non-hydrogen) atoms. The highest BCUT2D eigenvalue weighted by molar-refractivity contribution is 5.84. The zero-order valence-electron chi connectivity index (χ0n) is 10.2. The first kappa shape index (κ1) is 12.1. The Kier molecular flexibility index (Phi) is 2.98. The highest BCUT2D eigenvalue weighted by Crippen LogP contribution is 2.54. The normalized spacial score (nSPS) is 34.3. The molecule has 2 rings (SSSR count). The second kappa shape index (κ2) is 4.17. The summed E-state index contributed by atoms with van der Waals surface area (Å²) in [5.41, 5.74) is -0.824. The van der Waals surface area contributed by atoms with Crippen LogP contribution >= 0.6 is 0 Å². The van der Waals surface area contributed by atoms with E-state index in [1.165, 1.54) is 0 Å². The van der Waals surface area contributed by atoms with Crippen molar-refractivity contribution in [2.75, 3.05) is 0 Å². The third-order valence-corrected chi connectivity index (χ3v) is 3.72. The summed E-state index contributed by atoms with van der Waals surface area (Å²) in [4.78, 5) is 23.2. The number of hydrogen-bond donors (Lipinski definition) is 1. The maximum atomic E-state index is 12.2. The average molecular weight is 238 g/mol. The van der Waals surface area contributed by atoms with E-state index in [9.17, 15) is 9.59 Å². The van der Waals surface area contributed by atoms with Gasteiger partial charge in [0.05, 0.1) is 17.9 Å². The van der Waals surface area contributed by atoms with Crippen LogP contribution in [-0.2, 0) is 14.3 Å². The molecule has 0 spiro atoms. The van der Waals surface area contributed by atoms with Gasteiger partial charge in [-0.2, -0.15) is 0 Å². The van der Waals surface area contributed by atoms with Gasteiger partial charge in [0, 0.05) is 0 Å². The number of allylic oxidation sites excluding steroid dienone is 2. The first-order valence-corrected chi connectivity index (χ1v) is 6.05. The Bertz CT molecular complexity index is 372. The molecular formula is C13H18O4. The van der Waals surface area contributed by atoms with Crippen LogP contribution in [0.4, 0.5) is 0 Å². The standard InChI is InChI=1S/C13H18O4/c1-8(2)17-12(16)13(7-11(14)15)6-9-3-4-10(13)5-9/h3-4,8-10H,5-7H2,1-2H3,(H,14,15). The molecule has 3 atom stereocenters. The third kappa shape index (κ3) is 2.08. The molecule has 0 saturated heterocycles. The highest BCUT2D eigenvalue weighted by Gasteiger charge is 2.55. The van der Waals surface area contributed by atoms with Crippen molar-refractivity contribution in [2.24, 2.45) is 17.3 Å². The minimum atomic E-state index is -0.924. The molecule has 0 aromatic rings. The second-order valence-corrected chi connectivity index (χ2v) is 5.37. The van der Waals surface area contributed by atoms with Crippen LogP contribution in [-0.4, -0.2) is 23.1 Å². The zero-order valence-corrected chi connectivity index (χ0v) is 10.2. The van der Waals surface area contributed by atoms with Crippen molar-refractivity contribution in [3.05, 3.63) is 12.2 Å². The zero-order chi connectivity index (χ0) is 12.6. The van der Waals surface area contributed by atoms with Crippen LogP contribution in [0, 0.1) is 17.3 Å². The van der Waals surface area contributed by atoms with Crippen molar-refractivity contribution >= 4 is 11.9 Å². The number of carbonyl (C=O) groups excluding carboxylic acids is 1. The van der Waals surface area contributed by atoms with Gasteiger partial charge in [-0.25, -0.2) is 0 Å². The molecule has 1 N–H and O–H groups in total. The number of carboxylic acids is 1. The van der Waals surface area contributed by atoms with E-state index in [-0.39, 0.29) is 24.4 Å². The molecule has 1 fully saturated rings. The highest BCUT2D eigenvalue weighted by atomic mass is 16.5. The van der Waals surface area contributed by atoms with Crippen LogP contribution in [0.25, 0.3) is 0 Å². The first-order chi connectivity index (χ1) is 7.94. The van der Waals surface area contributed by atoms with Crippen LogP contribution in [0.1, 0.15) is 33.1 Å². The van der Waals surface area contributed by atoms with Crippen LogP contribution in [0.15, 0.2) is 12.2 Å². The molecule has 94 valence electrons. The van der Waals surface area contributed by atoms with Gasteiger partial charge in [0.15, 0.2) is 0 Å². The van der Waals surface area contributed by atoms with Crippen molar-refractivity contribution in [1.29, 1.82) is 0 Å². The lowest BCUT2D eigenvalue weighted by Crippen LogP contribution is -2.40. The Morgan fingerprint density at radius 1 is 1.47 bits per heavy atom. The van der Waals surface area contributed by atoms with Crippen LogP contribution in [0.3, 0.4) is 0 Å². The number of rotatable bonds is 4. The summed E-state index contributed by atoms with van der Waals surface area (Å²) in [6, 6.07) is 0. The van der Waals surface area contributed by atoms with Gasteiger partial charge in [-0.1, -0.05) is 12.2 Å². The third-order valence-electron chi connectivity index (χ3n) is 3.72. The van der Waals surface area contributed by atoms with Gasteiger partial charge in [0.1, 0.15) is 0 Å². The Balaban J connectivity index is 2.22. The van der Waals surface area contributed by atoms with Gasteiger partial charge in [0.25, 0.3) is 0 Å². The molecule has 2 aliphatic carbocycles. The lowest BCUT2D eigenvalue weighted by molar-refractivity contribution is -0.166. The topological polar surface area (TPSA) is 63.6 Å². The van der Waals surface area contributed by atoms with E-state index in [0.29, 0.717) is 12.3 Å². The number of esters is 1. The average Bonchev–Trinajstić information content (AvgIpc) is 2.75.